The molecule has 0 radical (unpaired) electrons. The molecule has 2 N–H and O–H groups in total. The summed E-state index contributed by atoms with van der Waals surface area (Å²) in [6.45, 7) is 2.72. The fourth-order valence-electron chi connectivity index (χ4n) is 2.40. The van der Waals surface area contributed by atoms with Gasteiger partial charge in [0.05, 0.1) is 6.54 Å². The lowest BCUT2D eigenvalue weighted by Gasteiger charge is -2.08. The van der Waals surface area contributed by atoms with E-state index in [0.29, 0.717) is 5.82 Å². The molecule has 2 aromatic carbocycles. The molecule has 21 heavy (non-hydrogen) atoms. The number of aryl methyl sites for hydroxylation is 1. The van der Waals surface area contributed by atoms with Crippen LogP contribution in [-0.4, -0.2) is 9.55 Å². The van der Waals surface area contributed by atoms with Crippen molar-refractivity contribution in [1.29, 1.82) is 0 Å². The van der Waals surface area contributed by atoms with E-state index in [0.717, 1.165) is 28.1 Å². The Hall–Kier alpha value is -2.07. The van der Waals surface area contributed by atoms with E-state index in [1.165, 1.54) is 5.56 Å². The van der Waals surface area contributed by atoms with Crippen molar-refractivity contribution in [2.45, 2.75) is 13.5 Å². The average molecular weight is 342 g/mol. The maximum atomic E-state index is 6.33. The van der Waals surface area contributed by atoms with Crippen molar-refractivity contribution in [3.63, 3.8) is 0 Å². The Kier molecular flexibility index (Phi) is 3.80. The third kappa shape index (κ3) is 2.72. The molecule has 0 unspecified atom stereocenters. The summed E-state index contributed by atoms with van der Waals surface area (Å²) in [7, 11) is 0. The Balaban J connectivity index is 2.03. The van der Waals surface area contributed by atoms with Gasteiger partial charge in [0.1, 0.15) is 17.3 Å². The van der Waals surface area contributed by atoms with Crippen LogP contribution in [0.25, 0.3) is 11.3 Å². The van der Waals surface area contributed by atoms with E-state index in [9.17, 15) is 0 Å². The molecular formula is C17H16BrN3. The zero-order valence-corrected chi connectivity index (χ0v) is 13.3. The number of rotatable bonds is 3. The Morgan fingerprint density at radius 3 is 2.43 bits per heavy atom. The lowest BCUT2D eigenvalue weighted by molar-refractivity contribution is 0.771. The van der Waals surface area contributed by atoms with Gasteiger partial charge in [-0.2, -0.15) is 0 Å². The molecule has 0 atom stereocenters. The van der Waals surface area contributed by atoms with Crippen LogP contribution in [0.2, 0.25) is 0 Å². The summed E-state index contributed by atoms with van der Waals surface area (Å²) in [6.07, 6.45) is 0. The predicted octanol–water partition coefficient (Wildman–Crippen LogP) is 4.25. The summed E-state index contributed by atoms with van der Waals surface area (Å²) in [5, 5.41) is 0. The molecule has 0 fully saturated rings. The van der Waals surface area contributed by atoms with Gasteiger partial charge in [0.2, 0.25) is 0 Å². The third-order valence-corrected chi connectivity index (χ3v) is 4.20. The van der Waals surface area contributed by atoms with Gasteiger partial charge >= 0.3 is 0 Å². The number of benzene rings is 2. The van der Waals surface area contributed by atoms with Crippen molar-refractivity contribution in [2.75, 3.05) is 5.73 Å². The monoisotopic (exact) mass is 341 g/mol. The summed E-state index contributed by atoms with van der Waals surface area (Å²) in [4.78, 5) is 4.65. The second-order valence-electron chi connectivity index (χ2n) is 4.94. The number of imidazole rings is 1. The second-order valence-corrected chi connectivity index (χ2v) is 5.80. The first-order valence-corrected chi connectivity index (χ1v) is 7.57. The Morgan fingerprint density at radius 2 is 1.71 bits per heavy atom. The number of nitrogen functional groups attached to an aromatic ring is 1. The normalized spacial score (nSPS) is 10.8. The summed E-state index contributed by atoms with van der Waals surface area (Å²) >= 11 is 3.56. The van der Waals surface area contributed by atoms with E-state index < -0.39 is 0 Å². The molecular weight excluding hydrogens is 326 g/mol. The predicted molar refractivity (Wildman–Crippen MR) is 90.1 cm³/mol. The van der Waals surface area contributed by atoms with Crippen LogP contribution >= 0.6 is 15.9 Å². The first-order valence-electron chi connectivity index (χ1n) is 6.78. The quantitative estimate of drug-likeness (QED) is 0.773. The molecule has 3 rings (SSSR count). The fourth-order valence-corrected chi connectivity index (χ4v) is 2.87. The minimum absolute atomic E-state index is 0.697. The third-order valence-electron chi connectivity index (χ3n) is 3.51. The first-order chi connectivity index (χ1) is 10.2. The molecule has 0 spiro atoms. The molecule has 106 valence electrons. The number of hydrogen-bond donors (Lipinski definition) is 1. The highest BCUT2D eigenvalue weighted by Crippen LogP contribution is 2.32. The van der Waals surface area contributed by atoms with Gasteiger partial charge in [0.25, 0.3) is 0 Å². The molecule has 3 nitrogen and oxygen atoms in total. The Labute approximate surface area is 132 Å². The van der Waals surface area contributed by atoms with Gasteiger partial charge in [0, 0.05) is 10.0 Å². The molecule has 0 amide bonds. The molecule has 0 aliphatic heterocycles. The summed E-state index contributed by atoms with van der Waals surface area (Å²) in [5.41, 5.74) is 9.39. The first kappa shape index (κ1) is 13.9. The minimum atomic E-state index is 0.697. The molecule has 1 aromatic heterocycles. The number of aromatic nitrogens is 2. The van der Waals surface area contributed by atoms with E-state index in [2.05, 4.69) is 33.0 Å². The smallest absolute Gasteiger partial charge is 0.132 e. The highest BCUT2D eigenvalue weighted by molar-refractivity contribution is 9.10. The Bertz CT molecular complexity index is 763. The van der Waals surface area contributed by atoms with Gasteiger partial charge in [0.15, 0.2) is 0 Å². The number of nitrogens with two attached hydrogens (primary N) is 1. The van der Waals surface area contributed by atoms with Crippen molar-refractivity contribution in [1.82, 2.24) is 9.55 Å². The molecule has 0 aliphatic carbocycles. The molecule has 0 bridgehead atoms. The lowest BCUT2D eigenvalue weighted by Crippen LogP contribution is -2.06. The highest BCUT2D eigenvalue weighted by Gasteiger charge is 2.15. The summed E-state index contributed by atoms with van der Waals surface area (Å²) < 4.78 is 3.05. The van der Waals surface area contributed by atoms with E-state index in [4.69, 9.17) is 5.73 Å². The molecule has 1 heterocycles. The average Bonchev–Trinajstić information content (AvgIpc) is 2.77. The molecule has 0 aliphatic rings. The van der Waals surface area contributed by atoms with Gasteiger partial charge in [-0.1, -0.05) is 64.5 Å². The Morgan fingerprint density at radius 1 is 1.05 bits per heavy atom. The van der Waals surface area contributed by atoms with Gasteiger partial charge < -0.3 is 10.3 Å². The van der Waals surface area contributed by atoms with Gasteiger partial charge in [-0.25, -0.2) is 4.98 Å². The molecule has 0 saturated heterocycles. The number of anilines is 1. The summed E-state index contributed by atoms with van der Waals surface area (Å²) in [6, 6.07) is 18.3. The SMILES string of the molecule is Cc1nc(-c2ccccc2Br)c(N)n1Cc1ccccc1. The standard InChI is InChI=1S/C17H16BrN3/c1-12-20-16(14-9-5-6-10-15(14)18)17(19)21(12)11-13-7-3-2-4-8-13/h2-10H,11,19H2,1H3. The van der Waals surface area contributed by atoms with Crippen LogP contribution in [0.5, 0.6) is 0 Å². The van der Waals surface area contributed by atoms with Crippen LogP contribution in [0.1, 0.15) is 11.4 Å². The minimum Gasteiger partial charge on any atom is -0.383 e. The zero-order valence-electron chi connectivity index (χ0n) is 11.8. The molecule has 3 aromatic rings. The largest absolute Gasteiger partial charge is 0.383 e. The van der Waals surface area contributed by atoms with Crippen molar-refractivity contribution in [3.05, 3.63) is 70.5 Å². The van der Waals surface area contributed by atoms with Crippen molar-refractivity contribution in [2.24, 2.45) is 0 Å². The van der Waals surface area contributed by atoms with Gasteiger partial charge in [-0.15, -0.1) is 0 Å². The van der Waals surface area contributed by atoms with Crippen LogP contribution in [0.4, 0.5) is 5.82 Å². The zero-order chi connectivity index (χ0) is 14.8. The number of nitrogens with zero attached hydrogens (tertiary/aromatic N) is 2. The van der Waals surface area contributed by atoms with E-state index in [-0.39, 0.29) is 0 Å². The topological polar surface area (TPSA) is 43.8 Å². The number of halogens is 1. The summed E-state index contributed by atoms with van der Waals surface area (Å²) in [5.74, 6) is 1.62. The van der Waals surface area contributed by atoms with Gasteiger partial charge in [-0.05, 0) is 18.6 Å². The van der Waals surface area contributed by atoms with E-state index in [1.54, 1.807) is 0 Å². The van der Waals surface area contributed by atoms with Crippen LogP contribution in [-0.2, 0) is 6.54 Å². The highest BCUT2D eigenvalue weighted by atomic mass is 79.9. The van der Waals surface area contributed by atoms with Crippen LogP contribution < -0.4 is 5.73 Å². The van der Waals surface area contributed by atoms with Crippen molar-refractivity contribution >= 4 is 21.7 Å². The van der Waals surface area contributed by atoms with Crippen LogP contribution in [0.3, 0.4) is 0 Å². The van der Waals surface area contributed by atoms with Crippen LogP contribution in [0, 0.1) is 6.92 Å². The van der Waals surface area contributed by atoms with Crippen molar-refractivity contribution < 1.29 is 0 Å². The fraction of sp³-hybridized carbons (Fsp3) is 0.118. The van der Waals surface area contributed by atoms with E-state index >= 15 is 0 Å². The second kappa shape index (κ2) is 5.74. The molecule has 0 saturated carbocycles. The number of hydrogen-bond acceptors (Lipinski definition) is 2. The maximum Gasteiger partial charge on any atom is 0.132 e. The maximum absolute atomic E-state index is 6.33. The van der Waals surface area contributed by atoms with Crippen LogP contribution in [0.15, 0.2) is 59.1 Å². The molecule has 4 heteroatoms. The van der Waals surface area contributed by atoms with Gasteiger partial charge in [-0.3, -0.25) is 0 Å². The van der Waals surface area contributed by atoms with Crippen molar-refractivity contribution in [3.8, 4) is 11.3 Å². The van der Waals surface area contributed by atoms with E-state index in [1.807, 2.05) is 54.0 Å². The lowest BCUT2D eigenvalue weighted by atomic mass is 10.1.